The Morgan fingerprint density at radius 1 is 1.04 bits per heavy atom. The van der Waals surface area contributed by atoms with Crippen LogP contribution in [0, 0.1) is 0 Å². The molecule has 0 fully saturated rings. The predicted molar refractivity (Wildman–Crippen MR) is 96.1 cm³/mol. The van der Waals surface area contributed by atoms with Gasteiger partial charge >= 0.3 is 0 Å². The Balaban J connectivity index is 1.66. The van der Waals surface area contributed by atoms with Gasteiger partial charge in [-0.15, -0.1) is 0 Å². The van der Waals surface area contributed by atoms with Gasteiger partial charge in [0.25, 0.3) is 0 Å². The van der Waals surface area contributed by atoms with E-state index in [9.17, 15) is 4.79 Å². The first-order valence-electron chi connectivity index (χ1n) is 7.71. The second kappa shape index (κ2) is 7.42. The summed E-state index contributed by atoms with van der Waals surface area (Å²) in [5, 5.41) is 6.25. The molecule has 1 N–H and O–H groups in total. The molecule has 4 nitrogen and oxygen atoms in total. The van der Waals surface area contributed by atoms with Crippen LogP contribution in [0.15, 0.2) is 71.8 Å². The fourth-order valence-corrected chi connectivity index (χ4v) is 2.43. The normalized spacial score (nSPS) is 10.9. The number of nitrogens with one attached hydrogen (secondary N) is 1. The van der Waals surface area contributed by atoms with Crippen molar-refractivity contribution in [1.82, 2.24) is 5.43 Å². The third-order valence-corrected chi connectivity index (χ3v) is 3.59. The van der Waals surface area contributed by atoms with Crippen molar-refractivity contribution in [2.24, 2.45) is 5.10 Å². The van der Waals surface area contributed by atoms with Crippen LogP contribution in [-0.2, 0) is 11.4 Å². The van der Waals surface area contributed by atoms with Crippen molar-refractivity contribution in [3.8, 4) is 5.75 Å². The van der Waals surface area contributed by atoms with Crippen molar-refractivity contribution in [3.63, 3.8) is 0 Å². The number of benzene rings is 3. The lowest BCUT2D eigenvalue weighted by Gasteiger charge is -2.09. The number of fused-ring (bicyclic) bond motifs is 1. The highest BCUT2D eigenvalue weighted by molar-refractivity contribution is 5.85. The van der Waals surface area contributed by atoms with E-state index in [4.69, 9.17) is 4.74 Å². The molecule has 0 aliphatic heterocycles. The van der Waals surface area contributed by atoms with Gasteiger partial charge in [0.1, 0.15) is 12.4 Å². The molecule has 3 aromatic carbocycles. The molecule has 1 amide bonds. The molecular formula is C20H18N2O2. The van der Waals surface area contributed by atoms with Crippen LogP contribution in [0.5, 0.6) is 5.75 Å². The molecule has 0 heterocycles. The molecule has 0 aliphatic carbocycles. The number of carbonyl (C=O) groups is 1. The van der Waals surface area contributed by atoms with Crippen molar-refractivity contribution in [3.05, 3.63) is 77.9 Å². The van der Waals surface area contributed by atoms with Gasteiger partial charge in [0.2, 0.25) is 5.91 Å². The summed E-state index contributed by atoms with van der Waals surface area (Å²) < 4.78 is 5.88. The van der Waals surface area contributed by atoms with E-state index in [2.05, 4.69) is 34.8 Å². The van der Waals surface area contributed by atoms with Crippen molar-refractivity contribution in [1.29, 1.82) is 0 Å². The molecule has 0 saturated carbocycles. The maximum atomic E-state index is 10.8. The van der Waals surface area contributed by atoms with E-state index in [0.717, 1.165) is 16.9 Å². The van der Waals surface area contributed by atoms with Gasteiger partial charge in [-0.2, -0.15) is 5.10 Å². The van der Waals surface area contributed by atoms with Crippen LogP contribution in [0.25, 0.3) is 10.8 Å². The molecule has 4 heteroatoms. The number of amides is 1. The van der Waals surface area contributed by atoms with Crippen LogP contribution in [-0.4, -0.2) is 12.1 Å². The second-order valence-electron chi connectivity index (χ2n) is 5.42. The van der Waals surface area contributed by atoms with Gasteiger partial charge < -0.3 is 4.74 Å². The van der Waals surface area contributed by atoms with E-state index in [0.29, 0.717) is 6.61 Å². The Morgan fingerprint density at radius 2 is 1.79 bits per heavy atom. The van der Waals surface area contributed by atoms with Gasteiger partial charge in [-0.25, -0.2) is 5.43 Å². The highest BCUT2D eigenvalue weighted by Crippen LogP contribution is 2.20. The minimum Gasteiger partial charge on any atom is -0.489 e. The summed E-state index contributed by atoms with van der Waals surface area (Å²) in [5.74, 6) is 0.598. The molecule has 0 aromatic heterocycles. The zero-order valence-electron chi connectivity index (χ0n) is 13.4. The molecule has 0 saturated heterocycles. The van der Waals surface area contributed by atoms with Gasteiger partial charge in [-0.05, 0) is 46.2 Å². The summed E-state index contributed by atoms with van der Waals surface area (Å²) in [6.45, 7) is 1.93. The molecule has 3 rings (SSSR count). The lowest BCUT2D eigenvalue weighted by atomic mass is 10.1. The fraction of sp³-hybridized carbons (Fsp3) is 0.100. The molecule has 0 unspecified atom stereocenters. The predicted octanol–water partition coefficient (Wildman–Crippen LogP) is 3.89. The van der Waals surface area contributed by atoms with E-state index in [1.165, 1.54) is 17.7 Å². The Morgan fingerprint density at radius 3 is 2.58 bits per heavy atom. The third-order valence-electron chi connectivity index (χ3n) is 3.59. The Bertz CT molecular complexity index is 865. The second-order valence-corrected chi connectivity index (χ2v) is 5.42. The fourth-order valence-electron chi connectivity index (χ4n) is 2.43. The van der Waals surface area contributed by atoms with E-state index in [1.807, 2.05) is 42.5 Å². The number of nitrogens with zero attached hydrogens (tertiary/aromatic N) is 1. The first-order valence-corrected chi connectivity index (χ1v) is 7.71. The van der Waals surface area contributed by atoms with Gasteiger partial charge in [-0.3, -0.25) is 4.79 Å². The topological polar surface area (TPSA) is 50.7 Å². The number of rotatable bonds is 5. The van der Waals surface area contributed by atoms with Crippen LogP contribution in [0.3, 0.4) is 0 Å². The summed E-state index contributed by atoms with van der Waals surface area (Å²) in [6, 6.07) is 22.1. The summed E-state index contributed by atoms with van der Waals surface area (Å²) in [6.07, 6.45) is 1.59. The van der Waals surface area contributed by atoms with E-state index >= 15 is 0 Å². The molecule has 0 radical (unpaired) electrons. The number of ether oxygens (including phenoxy) is 1. The minimum atomic E-state index is -0.193. The number of hydrogen-bond donors (Lipinski definition) is 1. The van der Waals surface area contributed by atoms with Gasteiger partial charge in [-0.1, -0.05) is 42.5 Å². The van der Waals surface area contributed by atoms with Crippen LogP contribution < -0.4 is 10.2 Å². The zero-order chi connectivity index (χ0) is 16.8. The average Bonchev–Trinajstić information content (AvgIpc) is 2.61. The lowest BCUT2D eigenvalue weighted by Crippen LogP contribution is -2.12. The third kappa shape index (κ3) is 3.98. The standard InChI is InChI=1S/C20H18N2O2/c1-15(23)22-21-13-16-9-11-19(12-10-16)24-14-18-7-4-6-17-5-2-3-8-20(17)18/h2-13H,14H2,1H3,(H,22,23)/b21-13-. The van der Waals surface area contributed by atoms with Gasteiger partial charge in [0.05, 0.1) is 6.21 Å². The molecule has 3 aromatic rings. The average molecular weight is 318 g/mol. The maximum absolute atomic E-state index is 10.8. The number of hydrazone groups is 1. The number of hydrogen-bond acceptors (Lipinski definition) is 3. The highest BCUT2D eigenvalue weighted by Gasteiger charge is 2.01. The van der Waals surface area contributed by atoms with E-state index < -0.39 is 0 Å². The highest BCUT2D eigenvalue weighted by atomic mass is 16.5. The SMILES string of the molecule is CC(=O)N/N=C\c1ccc(OCc2cccc3ccccc23)cc1. The molecule has 0 aliphatic rings. The molecule has 0 spiro atoms. The van der Waals surface area contributed by atoms with Crippen molar-refractivity contribution in [2.45, 2.75) is 13.5 Å². The first-order chi connectivity index (χ1) is 11.7. The van der Waals surface area contributed by atoms with Crippen LogP contribution in [0.1, 0.15) is 18.1 Å². The molecule has 24 heavy (non-hydrogen) atoms. The summed E-state index contributed by atoms with van der Waals surface area (Å²) in [5.41, 5.74) is 4.42. The largest absolute Gasteiger partial charge is 0.489 e. The van der Waals surface area contributed by atoms with E-state index in [1.54, 1.807) is 6.21 Å². The van der Waals surface area contributed by atoms with Crippen molar-refractivity contribution in [2.75, 3.05) is 0 Å². The smallest absolute Gasteiger partial charge is 0.236 e. The molecule has 0 atom stereocenters. The maximum Gasteiger partial charge on any atom is 0.236 e. The zero-order valence-corrected chi connectivity index (χ0v) is 13.4. The molecular weight excluding hydrogens is 300 g/mol. The van der Waals surface area contributed by atoms with Gasteiger partial charge in [0.15, 0.2) is 0 Å². The van der Waals surface area contributed by atoms with Gasteiger partial charge in [0, 0.05) is 6.92 Å². The Hall–Kier alpha value is -3.14. The van der Waals surface area contributed by atoms with Crippen molar-refractivity contribution < 1.29 is 9.53 Å². The first kappa shape index (κ1) is 15.7. The summed E-state index contributed by atoms with van der Waals surface area (Å²) >= 11 is 0. The lowest BCUT2D eigenvalue weighted by molar-refractivity contribution is -0.118. The Labute approximate surface area is 140 Å². The van der Waals surface area contributed by atoms with Crippen LogP contribution >= 0.6 is 0 Å². The quantitative estimate of drug-likeness (QED) is 0.573. The van der Waals surface area contributed by atoms with Crippen LogP contribution in [0.4, 0.5) is 0 Å². The van der Waals surface area contributed by atoms with Crippen molar-refractivity contribution >= 4 is 22.9 Å². The molecule has 0 bridgehead atoms. The van der Waals surface area contributed by atoms with Crippen LogP contribution in [0.2, 0.25) is 0 Å². The number of carbonyl (C=O) groups excluding carboxylic acids is 1. The minimum absolute atomic E-state index is 0.193. The van der Waals surface area contributed by atoms with E-state index in [-0.39, 0.29) is 5.91 Å². The summed E-state index contributed by atoms with van der Waals surface area (Å²) in [7, 11) is 0. The summed E-state index contributed by atoms with van der Waals surface area (Å²) in [4.78, 5) is 10.8. The Kier molecular flexibility index (Phi) is 4.87. The monoisotopic (exact) mass is 318 g/mol. The molecule has 120 valence electrons.